The van der Waals surface area contributed by atoms with Crippen molar-refractivity contribution in [1.82, 2.24) is 0 Å². The third kappa shape index (κ3) is 3.84. The van der Waals surface area contributed by atoms with E-state index in [0.29, 0.717) is 10.0 Å². The highest BCUT2D eigenvalue weighted by Crippen LogP contribution is 2.26. The number of carboxylic acids is 1. The van der Waals surface area contributed by atoms with Crippen LogP contribution in [-0.2, 0) is 0 Å². The van der Waals surface area contributed by atoms with E-state index < -0.39 is 11.9 Å². The number of hydrogen-bond acceptors (Lipinski definition) is 2. The summed E-state index contributed by atoms with van der Waals surface area (Å²) in [6.07, 6.45) is 0. The van der Waals surface area contributed by atoms with E-state index in [1.807, 2.05) is 0 Å². The normalized spacial score (nSPS) is 10.2. The maximum absolute atomic E-state index is 12.3. The molecule has 0 fully saturated rings. The Balaban J connectivity index is 2.33. The molecule has 0 atom stereocenters. The molecule has 0 bridgehead atoms. The molecule has 2 rings (SSSR count). The predicted molar refractivity (Wildman–Crippen MR) is 88.2 cm³/mol. The standard InChI is InChI=1S/C14H8Br2ClNO3/c15-8-2-3-10(16)9(6-8)13(19)18-12-5-7(14(20)21)1-4-11(12)17/h1-6H,(H,18,19)(H,20,21). The van der Waals surface area contributed by atoms with Gasteiger partial charge in [-0.3, -0.25) is 4.79 Å². The van der Waals surface area contributed by atoms with Crippen LogP contribution in [0.5, 0.6) is 0 Å². The van der Waals surface area contributed by atoms with Crippen LogP contribution < -0.4 is 5.32 Å². The third-order valence-corrected chi connectivity index (χ3v) is 4.15. The van der Waals surface area contributed by atoms with E-state index in [0.717, 1.165) is 4.47 Å². The Morgan fingerprint density at radius 2 is 1.81 bits per heavy atom. The Labute approximate surface area is 142 Å². The van der Waals surface area contributed by atoms with E-state index in [-0.39, 0.29) is 16.3 Å². The zero-order valence-electron chi connectivity index (χ0n) is 10.4. The van der Waals surface area contributed by atoms with Crippen LogP contribution in [0.2, 0.25) is 5.02 Å². The average molecular weight is 433 g/mol. The Bertz CT molecular complexity index is 734. The van der Waals surface area contributed by atoms with Crippen molar-refractivity contribution in [1.29, 1.82) is 0 Å². The number of amides is 1. The number of rotatable bonds is 3. The number of nitrogens with one attached hydrogen (secondary N) is 1. The summed E-state index contributed by atoms with van der Waals surface area (Å²) in [6.45, 7) is 0. The van der Waals surface area contributed by atoms with Crippen molar-refractivity contribution in [3.8, 4) is 0 Å². The molecule has 0 heterocycles. The summed E-state index contributed by atoms with van der Waals surface area (Å²) in [6, 6.07) is 9.28. The average Bonchev–Trinajstić information content (AvgIpc) is 2.43. The van der Waals surface area contributed by atoms with E-state index in [1.54, 1.807) is 18.2 Å². The summed E-state index contributed by atoms with van der Waals surface area (Å²) in [5.41, 5.74) is 0.692. The number of carbonyl (C=O) groups is 2. The molecule has 2 aromatic carbocycles. The van der Waals surface area contributed by atoms with Crippen molar-refractivity contribution >= 4 is 61.0 Å². The van der Waals surface area contributed by atoms with Gasteiger partial charge < -0.3 is 10.4 Å². The minimum absolute atomic E-state index is 0.0445. The number of anilines is 1. The SMILES string of the molecule is O=C(O)c1ccc(Cl)c(NC(=O)c2cc(Br)ccc2Br)c1. The van der Waals surface area contributed by atoms with Crippen LogP contribution in [0.25, 0.3) is 0 Å². The van der Waals surface area contributed by atoms with Gasteiger partial charge in [0.1, 0.15) is 0 Å². The molecule has 0 spiro atoms. The van der Waals surface area contributed by atoms with Crippen molar-refractivity contribution in [2.75, 3.05) is 5.32 Å². The van der Waals surface area contributed by atoms with Gasteiger partial charge in [-0.25, -0.2) is 4.79 Å². The van der Waals surface area contributed by atoms with Crippen LogP contribution in [0.4, 0.5) is 5.69 Å². The fourth-order valence-corrected chi connectivity index (χ4v) is 2.57. The highest BCUT2D eigenvalue weighted by atomic mass is 79.9. The van der Waals surface area contributed by atoms with Gasteiger partial charge in [0.2, 0.25) is 0 Å². The molecule has 4 nitrogen and oxygen atoms in total. The molecule has 0 radical (unpaired) electrons. The van der Waals surface area contributed by atoms with Crippen molar-refractivity contribution in [2.24, 2.45) is 0 Å². The molecular weight excluding hydrogens is 425 g/mol. The van der Waals surface area contributed by atoms with Crippen molar-refractivity contribution in [2.45, 2.75) is 0 Å². The van der Waals surface area contributed by atoms with Crippen LogP contribution in [-0.4, -0.2) is 17.0 Å². The molecule has 0 saturated heterocycles. The second-order valence-corrected chi connectivity index (χ2v) is 6.26. The Hall–Kier alpha value is -1.37. The lowest BCUT2D eigenvalue weighted by molar-refractivity contribution is 0.0696. The van der Waals surface area contributed by atoms with Gasteiger partial charge in [0.25, 0.3) is 5.91 Å². The monoisotopic (exact) mass is 431 g/mol. The first kappa shape index (κ1) is 16.0. The summed E-state index contributed by atoms with van der Waals surface area (Å²) in [5, 5.41) is 11.8. The van der Waals surface area contributed by atoms with Gasteiger partial charge in [0.15, 0.2) is 0 Å². The zero-order valence-corrected chi connectivity index (χ0v) is 14.3. The molecule has 2 aromatic rings. The zero-order chi connectivity index (χ0) is 15.6. The Kier molecular flexibility index (Phi) is 5.03. The summed E-state index contributed by atoms with van der Waals surface area (Å²) < 4.78 is 1.37. The number of hydrogen-bond donors (Lipinski definition) is 2. The predicted octanol–water partition coefficient (Wildman–Crippen LogP) is 4.82. The molecule has 2 N–H and O–H groups in total. The van der Waals surface area contributed by atoms with E-state index >= 15 is 0 Å². The summed E-state index contributed by atoms with van der Waals surface area (Å²) in [7, 11) is 0. The number of halogens is 3. The van der Waals surface area contributed by atoms with Gasteiger partial charge in [-0.2, -0.15) is 0 Å². The van der Waals surface area contributed by atoms with E-state index in [9.17, 15) is 9.59 Å². The molecule has 0 aliphatic carbocycles. The molecular formula is C14H8Br2ClNO3. The Morgan fingerprint density at radius 1 is 1.10 bits per heavy atom. The number of carboxylic acid groups (broad SMARTS) is 1. The first-order valence-corrected chi connectivity index (χ1v) is 7.64. The van der Waals surface area contributed by atoms with Crippen LogP contribution in [0.1, 0.15) is 20.7 Å². The fourth-order valence-electron chi connectivity index (χ4n) is 1.62. The molecule has 0 aliphatic heterocycles. The van der Waals surface area contributed by atoms with Gasteiger partial charge in [-0.15, -0.1) is 0 Å². The lowest BCUT2D eigenvalue weighted by atomic mass is 10.1. The van der Waals surface area contributed by atoms with Crippen LogP contribution >= 0.6 is 43.5 Å². The lowest BCUT2D eigenvalue weighted by Crippen LogP contribution is -2.13. The van der Waals surface area contributed by atoms with Gasteiger partial charge in [-0.1, -0.05) is 27.5 Å². The van der Waals surface area contributed by atoms with Gasteiger partial charge in [0.05, 0.1) is 21.8 Å². The highest BCUT2D eigenvalue weighted by molar-refractivity contribution is 9.11. The van der Waals surface area contributed by atoms with Gasteiger partial charge in [0, 0.05) is 8.95 Å². The molecule has 7 heteroatoms. The highest BCUT2D eigenvalue weighted by Gasteiger charge is 2.14. The maximum atomic E-state index is 12.3. The van der Waals surface area contributed by atoms with E-state index in [4.69, 9.17) is 16.7 Å². The summed E-state index contributed by atoms with van der Waals surface area (Å²) in [5.74, 6) is -1.49. The number of aromatic carboxylic acids is 1. The summed E-state index contributed by atoms with van der Waals surface area (Å²) >= 11 is 12.6. The quantitative estimate of drug-likeness (QED) is 0.730. The van der Waals surface area contributed by atoms with E-state index in [2.05, 4.69) is 37.2 Å². The molecule has 0 saturated carbocycles. The first-order chi connectivity index (χ1) is 9.88. The van der Waals surface area contributed by atoms with Crippen LogP contribution in [0.15, 0.2) is 45.3 Å². The molecule has 0 aromatic heterocycles. The Morgan fingerprint density at radius 3 is 2.48 bits per heavy atom. The number of benzene rings is 2. The number of carbonyl (C=O) groups excluding carboxylic acids is 1. The molecule has 0 unspecified atom stereocenters. The molecule has 1 amide bonds. The van der Waals surface area contributed by atoms with Crippen LogP contribution in [0, 0.1) is 0 Å². The second kappa shape index (κ2) is 6.60. The van der Waals surface area contributed by atoms with Crippen molar-refractivity contribution in [3.05, 3.63) is 61.5 Å². The fraction of sp³-hybridized carbons (Fsp3) is 0. The molecule has 21 heavy (non-hydrogen) atoms. The smallest absolute Gasteiger partial charge is 0.335 e. The first-order valence-electron chi connectivity index (χ1n) is 5.67. The van der Waals surface area contributed by atoms with Crippen LogP contribution in [0.3, 0.4) is 0 Å². The molecule has 0 aliphatic rings. The minimum Gasteiger partial charge on any atom is -0.478 e. The lowest BCUT2D eigenvalue weighted by Gasteiger charge is -2.09. The maximum Gasteiger partial charge on any atom is 0.335 e. The largest absolute Gasteiger partial charge is 0.478 e. The van der Waals surface area contributed by atoms with Crippen molar-refractivity contribution in [3.63, 3.8) is 0 Å². The van der Waals surface area contributed by atoms with Gasteiger partial charge >= 0.3 is 5.97 Å². The van der Waals surface area contributed by atoms with E-state index in [1.165, 1.54) is 18.2 Å². The van der Waals surface area contributed by atoms with Crippen molar-refractivity contribution < 1.29 is 14.7 Å². The molecule has 108 valence electrons. The minimum atomic E-state index is -1.09. The topological polar surface area (TPSA) is 66.4 Å². The third-order valence-electron chi connectivity index (χ3n) is 2.63. The van der Waals surface area contributed by atoms with Gasteiger partial charge in [-0.05, 0) is 52.3 Å². The summed E-state index contributed by atoms with van der Waals surface area (Å²) in [4.78, 5) is 23.2. The second-order valence-electron chi connectivity index (χ2n) is 4.08.